The summed E-state index contributed by atoms with van der Waals surface area (Å²) in [5, 5.41) is 0.661. The van der Waals surface area contributed by atoms with Crippen molar-refractivity contribution in [1.29, 1.82) is 0 Å². The number of amides is 1. The summed E-state index contributed by atoms with van der Waals surface area (Å²) in [4.78, 5) is 11.5. The molecule has 0 unspecified atom stereocenters. The smallest absolute Gasteiger partial charge is 0.262 e. The molecule has 1 aromatic carbocycles. The summed E-state index contributed by atoms with van der Waals surface area (Å²) in [6, 6.07) is 5.40. The fourth-order valence-electron chi connectivity index (χ4n) is 1.57. The third-order valence-corrected chi connectivity index (χ3v) is 4.30. The largest absolute Gasteiger partial charge is 0.383 e. The maximum atomic E-state index is 11.2. The van der Waals surface area contributed by atoms with Crippen molar-refractivity contribution in [3.8, 4) is 5.69 Å². The zero-order chi connectivity index (χ0) is 13.4. The van der Waals surface area contributed by atoms with E-state index in [0.717, 1.165) is 22.6 Å². The second-order valence-corrected chi connectivity index (χ2v) is 5.77. The minimum Gasteiger partial charge on any atom is -0.383 e. The van der Waals surface area contributed by atoms with Crippen molar-refractivity contribution in [2.24, 2.45) is 5.73 Å². The summed E-state index contributed by atoms with van der Waals surface area (Å²) >= 11 is 12.3. The summed E-state index contributed by atoms with van der Waals surface area (Å²) in [7, 11) is 0. The Morgan fingerprint density at radius 3 is 2.67 bits per heavy atom. The van der Waals surface area contributed by atoms with Gasteiger partial charge in [0.05, 0.1) is 0 Å². The molecule has 0 aliphatic heterocycles. The average Bonchev–Trinajstić information content (AvgIpc) is 2.59. The van der Waals surface area contributed by atoms with Crippen LogP contribution in [0.15, 0.2) is 18.2 Å². The molecule has 0 aliphatic carbocycles. The Bertz CT molecular complexity index is 690. The average molecular weight is 300 g/mol. The van der Waals surface area contributed by atoms with Crippen molar-refractivity contribution < 1.29 is 4.79 Å². The summed E-state index contributed by atoms with van der Waals surface area (Å²) in [6.07, 6.45) is 0. The predicted molar refractivity (Wildman–Crippen MR) is 77.2 cm³/mol. The van der Waals surface area contributed by atoms with Crippen LogP contribution in [0.5, 0.6) is 0 Å². The van der Waals surface area contributed by atoms with Crippen LogP contribution in [0.25, 0.3) is 5.69 Å². The third-order valence-electron chi connectivity index (χ3n) is 2.47. The second-order valence-electron chi connectivity index (χ2n) is 3.72. The molecule has 0 radical (unpaired) electrons. The molecular formula is C11H10ClN3OS2. The molecule has 0 spiro atoms. The molecule has 0 saturated heterocycles. The third kappa shape index (κ3) is 2.14. The maximum Gasteiger partial charge on any atom is 0.262 e. The van der Waals surface area contributed by atoms with E-state index in [4.69, 9.17) is 35.3 Å². The van der Waals surface area contributed by atoms with Gasteiger partial charge in [-0.3, -0.25) is 9.36 Å². The van der Waals surface area contributed by atoms with E-state index in [2.05, 4.69) is 0 Å². The van der Waals surface area contributed by atoms with Crippen LogP contribution in [-0.4, -0.2) is 10.5 Å². The van der Waals surface area contributed by atoms with Gasteiger partial charge in [0.2, 0.25) is 0 Å². The lowest BCUT2D eigenvalue weighted by Crippen LogP contribution is -2.12. The number of carbonyl (C=O) groups excluding carboxylic acids is 1. The van der Waals surface area contributed by atoms with Crippen LogP contribution in [0.1, 0.15) is 15.2 Å². The van der Waals surface area contributed by atoms with Gasteiger partial charge in [0, 0.05) is 10.7 Å². The zero-order valence-electron chi connectivity index (χ0n) is 9.44. The molecule has 1 aromatic heterocycles. The Labute approximate surface area is 118 Å². The molecule has 0 bridgehead atoms. The van der Waals surface area contributed by atoms with Gasteiger partial charge in [0.1, 0.15) is 10.7 Å². The quantitative estimate of drug-likeness (QED) is 0.837. The molecule has 1 heterocycles. The van der Waals surface area contributed by atoms with Gasteiger partial charge >= 0.3 is 0 Å². The topological polar surface area (TPSA) is 74.0 Å². The summed E-state index contributed by atoms with van der Waals surface area (Å²) < 4.78 is 2.09. The van der Waals surface area contributed by atoms with Crippen LogP contribution in [0.2, 0.25) is 5.02 Å². The molecule has 2 rings (SSSR count). The first-order valence-corrected chi connectivity index (χ1v) is 6.59. The Kier molecular flexibility index (Phi) is 3.43. The lowest BCUT2D eigenvalue weighted by Gasteiger charge is -2.07. The van der Waals surface area contributed by atoms with Crippen molar-refractivity contribution in [3.05, 3.63) is 37.6 Å². The minimum atomic E-state index is -0.576. The first kappa shape index (κ1) is 13.1. The molecule has 0 saturated carbocycles. The van der Waals surface area contributed by atoms with Crippen LogP contribution < -0.4 is 11.5 Å². The number of hydrogen-bond donors (Lipinski definition) is 2. The van der Waals surface area contributed by atoms with Crippen molar-refractivity contribution >= 4 is 46.9 Å². The Hall–Kier alpha value is -1.37. The minimum absolute atomic E-state index is 0.263. The molecular weight excluding hydrogens is 290 g/mol. The van der Waals surface area contributed by atoms with Gasteiger partial charge in [0.25, 0.3) is 5.91 Å². The maximum absolute atomic E-state index is 11.2. The molecule has 0 fully saturated rings. The van der Waals surface area contributed by atoms with Crippen LogP contribution in [0.4, 0.5) is 5.82 Å². The van der Waals surface area contributed by atoms with E-state index in [1.54, 1.807) is 16.7 Å². The number of nitrogen functional groups attached to an aromatic ring is 1. The summed E-state index contributed by atoms with van der Waals surface area (Å²) in [6.45, 7) is 1.88. The molecule has 4 nitrogen and oxygen atoms in total. The number of carbonyl (C=O) groups is 1. The monoisotopic (exact) mass is 299 g/mol. The lowest BCUT2D eigenvalue weighted by molar-refractivity contribution is 0.100. The van der Waals surface area contributed by atoms with Gasteiger partial charge in [0.15, 0.2) is 3.95 Å². The van der Waals surface area contributed by atoms with Gasteiger partial charge in [-0.15, -0.1) is 0 Å². The Morgan fingerprint density at radius 1 is 1.50 bits per heavy atom. The first-order valence-electron chi connectivity index (χ1n) is 4.99. The highest BCUT2D eigenvalue weighted by Gasteiger charge is 2.15. The van der Waals surface area contributed by atoms with Gasteiger partial charge < -0.3 is 11.5 Å². The fraction of sp³-hybridized carbons (Fsp3) is 0.0909. The van der Waals surface area contributed by atoms with E-state index in [1.807, 2.05) is 13.0 Å². The normalized spacial score (nSPS) is 10.6. The molecule has 0 aliphatic rings. The summed E-state index contributed by atoms with van der Waals surface area (Å²) in [5.41, 5.74) is 12.8. The molecule has 2 aromatic rings. The first-order chi connectivity index (χ1) is 8.41. The van der Waals surface area contributed by atoms with E-state index in [9.17, 15) is 4.79 Å². The van der Waals surface area contributed by atoms with Crippen molar-refractivity contribution in [2.45, 2.75) is 6.92 Å². The van der Waals surface area contributed by atoms with Crippen LogP contribution in [-0.2, 0) is 0 Å². The highest BCUT2D eigenvalue weighted by atomic mass is 35.5. The van der Waals surface area contributed by atoms with Gasteiger partial charge in [-0.1, -0.05) is 22.9 Å². The molecule has 1 amide bonds. The summed E-state index contributed by atoms with van der Waals surface area (Å²) in [5.74, 6) is -0.313. The van der Waals surface area contributed by atoms with Gasteiger partial charge in [-0.05, 0) is 42.9 Å². The molecule has 18 heavy (non-hydrogen) atoms. The van der Waals surface area contributed by atoms with Crippen LogP contribution in [0, 0.1) is 10.9 Å². The number of thiazole rings is 1. The number of rotatable bonds is 2. The van der Waals surface area contributed by atoms with E-state index < -0.39 is 5.91 Å². The molecule has 7 heteroatoms. The Morgan fingerprint density at radius 2 is 2.17 bits per heavy atom. The number of primary amides is 1. The second kappa shape index (κ2) is 4.72. The van der Waals surface area contributed by atoms with Gasteiger partial charge in [-0.2, -0.15) is 0 Å². The van der Waals surface area contributed by atoms with E-state index in [-0.39, 0.29) is 10.7 Å². The highest BCUT2D eigenvalue weighted by molar-refractivity contribution is 7.73. The Balaban J connectivity index is 2.68. The van der Waals surface area contributed by atoms with Crippen molar-refractivity contribution in [2.75, 3.05) is 5.73 Å². The number of nitrogens with two attached hydrogens (primary N) is 2. The fourth-order valence-corrected chi connectivity index (χ4v) is 2.91. The number of aromatic nitrogens is 1. The number of nitrogens with zero attached hydrogens (tertiary/aromatic N) is 1. The predicted octanol–water partition coefficient (Wildman–Crippen LogP) is 2.91. The van der Waals surface area contributed by atoms with E-state index in [0.29, 0.717) is 8.98 Å². The molecule has 94 valence electrons. The molecule has 4 N–H and O–H groups in total. The number of benzene rings is 1. The zero-order valence-corrected chi connectivity index (χ0v) is 11.8. The van der Waals surface area contributed by atoms with E-state index in [1.165, 1.54) is 0 Å². The van der Waals surface area contributed by atoms with Crippen LogP contribution in [0.3, 0.4) is 0 Å². The highest BCUT2D eigenvalue weighted by Crippen LogP contribution is 2.27. The SMILES string of the molecule is Cc1cc(-n2c(N)c(C(N)=O)sc2=S)ccc1Cl. The standard InChI is InChI=1S/C11H10ClN3OS2/c1-5-4-6(2-3-7(5)12)15-9(13)8(10(14)16)18-11(15)17/h2-4H,13H2,1H3,(H2,14,16). The number of halogens is 1. The van der Waals surface area contributed by atoms with Crippen LogP contribution >= 0.6 is 35.2 Å². The van der Waals surface area contributed by atoms with Gasteiger partial charge in [-0.25, -0.2) is 0 Å². The number of anilines is 1. The molecule has 0 atom stereocenters. The lowest BCUT2D eigenvalue weighted by atomic mass is 10.2. The number of aryl methyl sites for hydroxylation is 1. The van der Waals surface area contributed by atoms with E-state index >= 15 is 0 Å². The number of hydrogen-bond acceptors (Lipinski definition) is 4. The van der Waals surface area contributed by atoms with Crippen molar-refractivity contribution in [3.63, 3.8) is 0 Å². The van der Waals surface area contributed by atoms with Crippen molar-refractivity contribution in [1.82, 2.24) is 4.57 Å².